The lowest BCUT2D eigenvalue weighted by molar-refractivity contribution is -0.138. The van der Waals surface area contributed by atoms with Crippen LogP contribution in [0.3, 0.4) is 0 Å². The van der Waals surface area contributed by atoms with E-state index in [1.165, 1.54) is 12.1 Å². The molecule has 0 saturated carbocycles. The summed E-state index contributed by atoms with van der Waals surface area (Å²) in [7, 11) is 0. The average molecular weight is 249 g/mol. The molecule has 0 radical (unpaired) electrons. The van der Waals surface area contributed by atoms with E-state index in [0.717, 1.165) is 4.90 Å². The lowest BCUT2D eigenvalue weighted by atomic mass is 10.2. The van der Waals surface area contributed by atoms with E-state index in [1.54, 1.807) is 13.8 Å². The Morgan fingerprint density at radius 3 is 2.22 bits per heavy atom. The molecule has 0 bridgehead atoms. The number of carbonyl (C=O) groups excluding carboxylic acids is 2. The first-order valence-electron chi connectivity index (χ1n) is 5.27. The molecule has 1 aliphatic heterocycles. The highest BCUT2D eigenvalue weighted by atomic mass is 16.4. The predicted octanol–water partition coefficient (Wildman–Crippen LogP) is 1.18. The maximum absolute atomic E-state index is 11.8. The maximum atomic E-state index is 11.8. The highest BCUT2D eigenvalue weighted by Crippen LogP contribution is 2.22. The summed E-state index contributed by atoms with van der Waals surface area (Å²) >= 11 is 0. The van der Waals surface area contributed by atoms with Crippen LogP contribution in [-0.2, 0) is 16.1 Å². The second kappa shape index (κ2) is 4.14. The normalized spacial score (nSPS) is 15.8. The lowest BCUT2D eigenvalue weighted by Gasteiger charge is -2.12. The predicted molar refractivity (Wildman–Crippen MR) is 59.6 cm³/mol. The maximum Gasteiger partial charge on any atom is 0.371 e. The smallest absolute Gasteiger partial charge is 0.371 e. The van der Waals surface area contributed by atoms with Crippen molar-refractivity contribution in [1.82, 2.24) is 4.90 Å². The van der Waals surface area contributed by atoms with Gasteiger partial charge in [-0.1, -0.05) is 0 Å². The molecule has 6 nitrogen and oxygen atoms in total. The van der Waals surface area contributed by atoms with Crippen LogP contribution in [0.4, 0.5) is 0 Å². The Labute approximate surface area is 102 Å². The van der Waals surface area contributed by atoms with Crippen LogP contribution in [0, 0.1) is 0 Å². The first kappa shape index (κ1) is 12.1. The molecule has 2 heterocycles. The van der Waals surface area contributed by atoms with E-state index >= 15 is 0 Å². The Bertz CT molecular complexity index is 557. The van der Waals surface area contributed by atoms with Crippen molar-refractivity contribution in [2.75, 3.05) is 0 Å². The number of rotatable bonds is 3. The summed E-state index contributed by atoms with van der Waals surface area (Å²) in [4.78, 5) is 35.2. The highest BCUT2D eigenvalue weighted by Gasteiger charge is 2.33. The molecule has 0 fully saturated rings. The van der Waals surface area contributed by atoms with Gasteiger partial charge in [0.25, 0.3) is 11.8 Å². The van der Waals surface area contributed by atoms with Gasteiger partial charge in [0.15, 0.2) is 0 Å². The number of furan rings is 1. The van der Waals surface area contributed by atoms with Crippen LogP contribution >= 0.6 is 0 Å². The van der Waals surface area contributed by atoms with Gasteiger partial charge in [0.1, 0.15) is 5.76 Å². The summed E-state index contributed by atoms with van der Waals surface area (Å²) in [5.74, 6) is -1.88. The van der Waals surface area contributed by atoms with E-state index in [1.807, 2.05) is 0 Å². The fourth-order valence-electron chi connectivity index (χ4n) is 1.70. The molecule has 0 atom stereocenters. The van der Waals surface area contributed by atoms with Gasteiger partial charge < -0.3 is 9.52 Å². The first-order valence-corrected chi connectivity index (χ1v) is 5.27. The van der Waals surface area contributed by atoms with Crippen LogP contribution in [0.5, 0.6) is 0 Å². The van der Waals surface area contributed by atoms with Crippen LogP contribution in [0.15, 0.2) is 27.7 Å². The summed E-state index contributed by atoms with van der Waals surface area (Å²) < 4.78 is 5.01. The number of imide groups is 1. The molecule has 1 aromatic rings. The van der Waals surface area contributed by atoms with Crippen LogP contribution in [-0.4, -0.2) is 27.8 Å². The summed E-state index contributed by atoms with van der Waals surface area (Å²) in [5.41, 5.74) is 0.815. The molecule has 6 heteroatoms. The second-order valence-corrected chi connectivity index (χ2v) is 4.02. The second-order valence-electron chi connectivity index (χ2n) is 4.02. The van der Waals surface area contributed by atoms with Gasteiger partial charge in [0, 0.05) is 11.1 Å². The fraction of sp³-hybridized carbons (Fsp3) is 0.250. The summed E-state index contributed by atoms with van der Waals surface area (Å²) in [5, 5.41) is 8.70. The number of nitrogens with zero attached hydrogens (tertiary/aromatic N) is 1. The molecule has 0 spiro atoms. The molecule has 0 saturated heterocycles. The van der Waals surface area contributed by atoms with Crippen molar-refractivity contribution in [1.29, 1.82) is 0 Å². The van der Waals surface area contributed by atoms with Crippen molar-refractivity contribution in [2.24, 2.45) is 0 Å². The largest absolute Gasteiger partial charge is 0.475 e. The van der Waals surface area contributed by atoms with Crippen molar-refractivity contribution in [3.05, 3.63) is 34.8 Å². The molecule has 2 rings (SSSR count). The number of amides is 2. The van der Waals surface area contributed by atoms with Gasteiger partial charge >= 0.3 is 5.97 Å². The molecule has 0 aromatic carbocycles. The standard InChI is InChI=1S/C12H11NO5/c1-6-7(2)11(15)13(10(6)14)5-8-3-4-9(18-8)12(16)17/h3-4H,5H2,1-2H3,(H,16,17). The zero-order valence-electron chi connectivity index (χ0n) is 9.89. The topological polar surface area (TPSA) is 87.8 Å². The van der Waals surface area contributed by atoms with Crippen LogP contribution in [0.25, 0.3) is 0 Å². The zero-order chi connectivity index (χ0) is 13.4. The van der Waals surface area contributed by atoms with Crippen LogP contribution in [0.2, 0.25) is 0 Å². The van der Waals surface area contributed by atoms with Crippen molar-refractivity contribution in [3.8, 4) is 0 Å². The van der Waals surface area contributed by atoms with Gasteiger partial charge in [-0.2, -0.15) is 0 Å². The molecule has 2 amide bonds. The van der Waals surface area contributed by atoms with E-state index in [4.69, 9.17) is 9.52 Å². The quantitative estimate of drug-likeness (QED) is 0.813. The van der Waals surface area contributed by atoms with E-state index in [-0.39, 0.29) is 29.9 Å². The monoisotopic (exact) mass is 249 g/mol. The highest BCUT2D eigenvalue weighted by molar-refractivity contribution is 6.18. The van der Waals surface area contributed by atoms with E-state index in [2.05, 4.69) is 0 Å². The molecule has 94 valence electrons. The SMILES string of the molecule is CC1=C(C)C(=O)N(Cc2ccc(C(=O)O)o2)C1=O. The molecule has 1 aliphatic rings. The number of carboxylic acids is 1. The van der Waals surface area contributed by atoms with Crippen LogP contribution < -0.4 is 0 Å². The Hall–Kier alpha value is -2.37. The average Bonchev–Trinajstić information content (AvgIpc) is 2.86. The minimum atomic E-state index is -1.19. The van der Waals surface area contributed by atoms with E-state index in [9.17, 15) is 14.4 Å². The van der Waals surface area contributed by atoms with Gasteiger partial charge in [-0.05, 0) is 26.0 Å². The molecule has 0 aliphatic carbocycles. The molecule has 0 unspecified atom stereocenters. The third-order valence-electron chi connectivity index (χ3n) is 2.88. The molecule has 1 N–H and O–H groups in total. The summed E-state index contributed by atoms with van der Waals surface area (Å²) in [6, 6.07) is 2.73. The van der Waals surface area contributed by atoms with E-state index < -0.39 is 5.97 Å². The van der Waals surface area contributed by atoms with Gasteiger partial charge in [-0.25, -0.2) is 4.79 Å². The lowest BCUT2D eigenvalue weighted by Crippen LogP contribution is -2.30. The molecular formula is C12H11NO5. The number of aromatic carboxylic acids is 1. The third-order valence-corrected chi connectivity index (χ3v) is 2.88. The van der Waals surface area contributed by atoms with Gasteiger partial charge in [0.2, 0.25) is 5.76 Å². The number of carboxylic acid groups (broad SMARTS) is 1. The number of hydrogen-bond donors (Lipinski definition) is 1. The Morgan fingerprint density at radius 2 is 1.78 bits per heavy atom. The summed E-state index contributed by atoms with van der Waals surface area (Å²) in [6.07, 6.45) is 0. The minimum Gasteiger partial charge on any atom is -0.475 e. The molecule has 1 aromatic heterocycles. The van der Waals surface area contributed by atoms with Gasteiger partial charge in [0.05, 0.1) is 6.54 Å². The Balaban J connectivity index is 2.18. The Morgan fingerprint density at radius 1 is 1.22 bits per heavy atom. The number of carbonyl (C=O) groups is 3. The van der Waals surface area contributed by atoms with Crippen molar-refractivity contribution >= 4 is 17.8 Å². The van der Waals surface area contributed by atoms with Crippen molar-refractivity contribution in [2.45, 2.75) is 20.4 Å². The third kappa shape index (κ3) is 1.81. The zero-order valence-corrected chi connectivity index (χ0v) is 9.89. The number of hydrogen-bond acceptors (Lipinski definition) is 4. The Kier molecular flexibility index (Phi) is 2.78. The van der Waals surface area contributed by atoms with Crippen LogP contribution in [0.1, 0.15) is 30.2 Å². The van der Waals surface area contributed by atoms with Crippen molar-refractivity contribution in [3.63, 3.8) is 0 Å². The molecule has 18 heavy (non-hydrogen) atoms. The van der Waals surface area contributed by atoms with Crippen molar-refractivity contribution < 1.29 is 23.9 Å². The van der Waals surface area contributed by atoms with Gasteiger partial charge in [-0.3, -0.25) is 14.5 Å². The fourth-order valence-corrected chi connectivity index (χ4v) is 1.70. The minimum absolute atomic E-state index is 0.0559. The van der Waals surface area contributed by atoms with E-state index in [0.29, 0.717) is 11.1 Å². The summed E-state index contributed by atoms with van der Waals surface area (Å²) in [6.45, 7) is 3.11. The molecular weight excluding hydrogens is 238 g/mol. The van der Waals surface area contributed by atoms with Gasteiger partial charge in [-0.15, -0.1) is 0 Å². The first-order chi connectivity index (χ1) is 8.41.